The van der Waals surface area contributed by atoms with E-state index in [0.29, 0.717) is 6.61 Å². The Hall–Kier alpha value is -1.33. The van der Waals surface area contributed by atoms with Gasteiger partial charge in [0, 0.05) is 40.2 Å². The monoisotopic (exact) mass is 280 g/mol. The Labute approximate surface area is 120 Å². The second-order valence-corrected chi connectivity index (χ2v) is 5.76. The molecule has 112 valence electrons. The number of methoxy groups -OCH3 is 1. The molecule has 1 aromatic rings. The van der Waals surface area contributed by atoms with Crippen molar-refractivity contribution in [3.05, 3.63) is 23.7 Å². The van der Waals surface area contributed by atoms with Crippen LogP contribution in [-0.4, -0.2) is 56.6 Å². The third-order valence-electron chi connectivity index (χ3n) is 3.83. The average Bonchev–Trinajstić information content (AvgIpc) is 2.96. The molecule has 5 heteroatoms. The SMILES string of the molecule is COC[C@@H]1CN(Cc2ccc(C)o2)C[C@H]1C(=O)N(C)C. The van der Waals surface area contributed by atoms with Gasteiger partial charge in [0.15, 0.2) is 0 Å². The molecule has 0 aromatic carbocycles. The zero-order valence-electron chi connectivity index (χ0n) is 12.8. The van der Waals surface area contributed by atoms with E-state index in [1.165, 1.54) is 0 Å². The lowest BCUT2D eigenvalue weighted by Crippen LogP contribution is -2.35. The van der Waals surface area contributed by atoms with Crippen LogP contribution in [0.15, 0.2) is 16.5 Å². The molecule has 5 nitrogen and oxygen atoms in total. The maximum atomic E-state index is 12.3. The van der Waals surface area contributed by atoms with Crippen molar-refractivity contribution in [1.82, 2.24) is 9.80 Å². The van der Waals surface area contributed by atoms with Crippen molar-refractivity contribution in [2.45, 2.75) is 13.5 Å². The normalized spacial score (nSPS) is 23.2. The summed E-state index contributed by atoms with van der Waals surface area (Å²) >= 11 is 0. The summed E-state index contributed by atoms with van der Waals surface area (Å²) in [6, 6.07) is 3.97. The second kappa shape index (κ2) is 6.41. The minimum Gasteiger partial charge on any atom is -0.465 e. The first-order chi connectivity index (χ1) is 9.51. The quantitative estimate of drug-likeness (QED) is 0.817. The van der Waals surface area contributed by atoms with Gasteiger partial charge in [0.25, 0.3) is 0 Å². The van der Waals surface area contributed by atoms with E-state index < -0.39 is 0 Å². The van der Waals surface area contributed by atoms with Gasteiger partial charge in [0.05, 0.1) is 19.1 Å². The molecule has 0 radical (unpaired) electrons. The third kappa shape index (κ3) is 3.41. The van der Waals surface area contributed by atoms with Crippen molar-refractivity contribution < 1.29 is 13.9 Å². The van der Waals surface area contributed by atoms with E-state index in [0.717, 1.165) is 31.2 Å². The summed E-state index contributed by atoms with van der Waals surface area (Å²) in [4.78, 5) is 16.2. The van der Waals surface area contributed by atoms with Crippen molar-refractivity contribution >= 4 is 5.91 Å². The molecule has 1 aliphatic rings. The highest BCUT2D eigenvalue weighted by atomic mass is 16.5. The van der Waals surface area contributed by atoms with Crippen molar-refractivity contribution in [2.24, 2.45) is 11.8 Å². The molecule has 0 aliphatic carbocycles. The van der Waals surface area contributed by atoms with Gasteiger partial charge >= 0.3 is 0 Å². The van der Waals surface area contributed by atoms with Gasteiger partial charge in [0.2, 0.25) is 5.91 Å². The lowest BCUT2D eigenvalue weighted by atomic mass is 9.96. The fourth-order valence-corrected chi connectivity index (χ4v) is 2.87. The van der Waals surface area contributed by atoms with E-state index in [2.05, 4.69) is 4.90 Å². The highest BCUT2D eigenvalue weighted by molar-refractivity contribution is 5.79. The van der Waals surface area contributed by atoms with Gasteiger partial charge in [0.1, 0.15) is 11.5 Å². The molecular weight excluding hydrogens is 256 g/mol. The number of nitrogens with zero attached hydrogens (tertiary/aromatic N) is 2. The molecule has 1 amide bonds. The van der Waals surface area contributed by atoms with Gasteiger partial charge in [-0.25, -0.2) is 0 Å². The first-order valence-corrected chi connectivity index (χ1v) is 6.99. The summed E-state index contributed by atoms with van der Waals surface area (Å²) in [6.07, 6.45) is 0. The smallest absolute Gasteiger partial charge is 0.226 e. The van der Waals surface area contributed by atoms with Crippen LogP contribution in [-0.2, 0) is 16.1 Å². The van der Waals surface area contributed by atoms with E-state index in [1.807, 2.05) is 33.2 Å². The summed E-state index contributed by atoms with van der Waals surface area (Å²) < 4.78 is 10.9. The van der Waals surface area contributed by atoms with Crippen LogP contribution in [0.4, 0.5) is 0 Å². The molecule has 0 unspecified atom stereocenters. The van der Waals surface area contributed by atoms with Crippen LogP contribution in [0.25, 0.3) is 0 Å². The lowest BCUT2D eigenvalue weighted by molar-refractivity contribution is -0.134. The van der Waals surface area contributed by atoms with Gasteiger partial charge in [-0.15, -0.1) is 0 Å². The maximum Gasteiger partial charge on any atom is 0.226 e. The Morgan fingerprint density at radius 1 is 1.45 bits per heavy atom. The number of amides is 1. The Morgan fingerprint density at radius 2 is 2.20 bits per heavy atom. The van der Waals surface area contributed by atoms with Crippen LogP contribution >= 0.6 is 0 Å². The third-order valence-corrected chi connectivity index (χ3v) is 3.83. The van der Waals surface area contributed by atoms with Crippen LogP contribution in [0.1, 0.15) is 11.5 Å². The number of furan rings is 1. The Bertz CT molecular complexity index is 456. The van der Waals surface area contributed by atoms with Crippen LogP contribution in [0.3, 0.4) is 0 Å². The molecule has 1 aromatic heterocycles. The molecule has 2 atom stereocenters. The van der Waals surface area contributed by atoms with E-state index in [1.54, 1.807) is 12.0 Å². The molecule has 0 bridgehead atoms. The predicted molar refractivity (Wildman–Crippen MR) is 76.3 cm³/mol. The van der Waals surface area contributed by atoms with Gasteiger partial charge < -0.3 is 14.1 Å². The number of likely N-dealkylation sites (tertiary alicyclic amines) is 1. The molecule has 2 heterocycles. The number of aryl methyl sites for hydroxylation is 1. The number of carbonyl (C=O) groups excluding carboxylic acids is 1. The van der Waals surface area contributed by atoms with Crippen molar-refractivity contribution in [3.63, 3.8) is 0 Å². The van der Waals surface area contributed by atoms with Crippen molar-refractivity contribution in [3.8, 4) is 0 Å². The average molecular weight is 280 g/mol. The number of hydrogen-bond donors (Lipinski definition) is 0. The Kier molecular flexibility index (Phi) is 4.83. The molecule has 2 rings (SSSR count). The van der Waals surface area contributed by atoms with E-state index in [-0.39, 0.29) is 17.7 Å². The molecule has 1 fully saturated rings. The summed E-state index contributed by atoms with van der Waals surface area (Å²) in [5.41, 5.74) is 0. The molecule has 0 spiro atoms. The van der Waals surface area contributed by atoms with E-state index >= 15 is 0 Å². The molecule has 0 N–H and O–H groups in total. The lowest BCUT2D eigenvalue weighted by Gasteiger charge is -2.20. The first kappa shape index (κ1) is 15.1. The van der Waals surface area contributed by atoms with Crippen LogP contribution in [0.2, 0.25) is 0 Å². The first-order valence-electron chi connectivity index (χ1n) is 6.99. The summed E-state index contributed by atoms with van der Waals surface area (Å²) in [5.74, 6) is 2.34. The largest absolute Gasteiger partial charge is 0.465 e. The highest BCUT2D eigenvalue weighted by Gasteiger charge is 2.38. The number of rotatable bonds is 5. The van der Waals surface area contributed by atoms with E-state index in [9.17, 15) is 4.79 Å². The number of ether oxygens (including phenoxy) is 1. The summed E-state index contributed by atoms with van der Waals surface area (Å²) in [7, 11) is 5.31. The van der Waals surface area contributed by atoms with E-state index in [4.69, 9.17) is 9.15 Å². The predicted octanol–water partition coefficient (Wildman–Crippen LogP) is 1.37. The minimum atomic E-state index is 0.0148. The van der Waals surface area contributed by atoms with Gasteiger partial charge in [-0.2, -0.15) is 0 Å². The standard InChI is InChI=1S/C15H24N2O3/c1-11-5-6-13(20-11)8-17-7-12(10-19-4)14(9-17)15(18)16(2)3/h5-6,12,14H,7-10H2,1-4H3/t12-,14+/m0/s1. The maximum absolute atomic E-state index is 12.3. The fraction of sp³-hybridized carbons (Fsp3) is 0.667. The Morgan fingerprint density at radius 3 is 2.75 bits per heavy atom. The van der Waals surface area contributed by atoms with Crippen LogP contribution < -0.4 is 0 Å². The van der Waals surface area contributed by atoms with Crippen molar-refractivity contribution in [1.29, 1.82) is 0 Å². The van der Waals surface area contributed by atoms with Gasteiger partial charge in [-0.05, 0) is 19.1 Å². The van der Waals surface area contributed by atoms with Gasteiger partial charge in [-0.1, -0.05) is 0 Å². The topological polar surface area (TPSA) is 45.9 Å². The number of hydrogen-bond acceptors (Lipinski definition) is 4. The fourth-order valence-electron chi connectivity index (χ4n) is 2.87. The zero-order valence-corrected chi connectivity index (χ0v) is 12.8. The van der Waals surface area contributed by atoms with Gasteiger partial charge in [-0.3, -0.25) is 9.69 Å². The van der Waals surface area contributed by atoms with Crippen LogP contribution in [0, 0.1) is 18.8 Å². The second-order valence-electron chi connectivity index (χ2n) is 5.76. The zero-order chi connectivity index (χ0) is 14.7. The highest BCUT2D eigenvalue weighted by Crippen LogP contribution is 2.27. The molecule has 1 aliphatic heterocycles. The van der Waals surface area contributed by atoms with Crippen LogP contribution in [0.5, 0.6) is 0 Å². The summed E-state index contributed by atoms with van der Waals surface area (Å²) in [5, 5.41) is 0. The molecule has 0 saturated carbocycles. The Balaban J connectivity index is 2.01. The molecule has 1 saturated heterocycles. The van der Waals surface area contributed by atoms with Crippen molar-refractivity contribution in [2.75, 3.05) is 40.9 Å². The molecule has 20 heavy (non-hydrogen) atoms. The number of carbonyl (C=O) groups is 1. The minimum absolute atomic E-state index is 0.0148. The molecular formula is C15H24N2O3. The summed E-state index contributed by atoms with van der Waals surface area (Å²) in [6.45, 7) is 4.96.